The monoisotopic (exact) mass is 520 g/mol. The Morgan fingerprint density at radius 1 is 1.03 bits per heavy atom. The first-order valence-electron chi connectivity index (χ1n) is 10.3. The molecule has 1 aliphatic heterocycles. The highest BCUT2D eigenvalue weighted by Gasteiger charge is 2.76. The Balaban J connectivity index is 1.65. The summed E-state index contributed by atoms with van der Waals surface area (Å²) in [5.41, 5.74) is 2.54. The predicted molar refractivity (Wildman–Crippen MR) is 102 cm³/mol. The molecule has 5 nitrogen and oxygen atoms in total. The normalized spacial score (nSPS) is 23.8. The quantitative estimate of drug-likeness (QED) is 0.432. The number of likely N-dealkylation sites (N-methyl/N-ethyl adjacent to an activating group) is 1. The first kappa shape index (κ1) is 25.4. The third-order valence-electron chi connectivity index (χ3n) is 6.50. The standard InChI is InChI=1S/C20H18F10N4O/c1-33-8-10(6-12-11-3-2-4-13-15(11)9(7-31-13)5-14(12)33)32-16(35)34(19(27,28)17(21,22)23)20(29,30)18(24,25)26/h2-4,7,10,12,14,31H,5-6,8H2,1H3,(H,32,35). The van der Waals surface area contributed by atoms with Gasteiger partial charge in [0.2, 0.25) is 0 Å². The van der Waals surface area contributed by atoms with E-state index in [1.807, 2.05) is 6.20 Å². The Hall–Kier alpha value is -2.71. The number of carbonyl (C=O) groups is 1. The van der Waals surface area contributed by atoms with Crippen molar-refractivity contribution in [1.29, 1.82) is 0 Å². The number of benzene rings is 1. The summed E-state index contributed by atoms with van der Waals surface area (Å²) in [6.45, 7) is -0.175. The SMILES string of the molecule is CN1CC(NC(=O)N(C(F)(F)C(F)(F)F)C(F)(F)C(F)(F)F)CC2c3cccc4[nH]cc(c34)CC21. The maximum absolute atomic E-state index is 13.8. The minimum Gasteiger partial charge on any atom is -0.361 e. The van der Waals surface area contributed by atoms with Crippen LogP contribution in [-0.4, -0.2) is 70.9 Å². The number of hydrogen-bond acceptors (Lipinski definition) is 2. The zero-order valence-corrected chi connectivity index (χ0v) is 17.7. The van der Waals surface area contributed by atoms with E-state index in [0.717, 1.165) is 22.0 Å². The molecule has 3 unspecified atom stereocenters. The van der Waals surface area contributed by atoms with Crippen LogP contribution >= 0.6 is 0 Å². The number of amides is 2. The van der Waals surface area contributed by atoms with E-state index in [9.17, 15) is 48.7 Å². The molecule has 2 heterocycles. The molecule has 1 saturated heterocycles. The molecule has 1 aromatic heterocycles. The van der Waals surface area contributed by atoms with Crippen molar-refractivity contribution in [2.24, 2.45) is 0 Å². The average molecular weight is 520 g/mol. The van der Waals surface area contributed by atoms with Gasteiger partial charge in [0.15, 0.2) is 0 Å². The summed E-state index contributed by atoms with van der Waals surface area (Å²) in [5, 5.41) is 2.43. The van der Waals surface area contributed by atoms with Gasteiger partial charge in [-0.15, -0.1) is 0 Å². The number of likely N-dealkylation sites (tertiary alicyclic amines) is 1. The molecular formula is C20H18F10N4O. The molecule has 2 amide bonds. The Kier molecular flexibility index (Phi) is 5.73. The van der Waals surface area contributed by atoms with E-state index >= 15 is 0 Å². The van der Waals surface area contributed by atoms with Gasteiger partial charge in [-0.05, 0) is 37.1 Å². The van der Waals surface area contributed by atoms with Gasteiger partial charge in [-0.3, -0.25) is 0 Å². The fourth-order valence-electron chi connectivity index (χ4n) is 4.97. The maximum Gasteiger partial charge on any atom is 0.475 e. The summed E-state index contributed by atoms with van der Waals surface area (Å²) in [7, 11) is 1.57. The highest BCUT2D eigenvalue weighted by atomic mass is 19.4. The number of alkyl halides is 10. The van der Waals surface area contributed by atoms with Gasteiger partial charge >= 0.3 is 30.5 Å². The van der Waals surface area contributed by atoms with Crippen molar-refractivity contribution in [2.45, 2.75) is 55.3 Å². The molecule has 0 radical (unpaired) electrons. The van der Waals surface area contributed by atoms with Crippen LogP contribution in [0.4, 0.5) is 48.7 Å². The van der Waals surface area contributed by atoms with Crippen LogP contribution in [0.1, 0.15) is 23.5 Å². The van der Waals surface area contributed by atoms with Gasteiger partial charge in [0.05, 0.1) is 0 Å². The van der Waals surface area contributed by atoms with Crippen LogP contribution in [0, 0.1) is 0 Å². The van der Waals surface area contributed by atoms with Crippen molar-refractivity contribution >= 4 is 16.9 Å². The van der Waals surface area contributed by atoms with E-state index in [4.69, 9.17) is 0 Å². The number of carbonyl (C=O) groups excluding carboxylic acids is 1. The van der Waals surface area contributed by atoms with E-state index in [0.29, 0.717) is 6.42 Å². The highest BCUT2D eigenvalue weighted by Crippen LogP contribution is 2.49. The molecule has 35 heavy (non-hydrogen) atoms. The van der Waals surface area contributed by atoms with Crippen molar-refractivity contribution in [3.63, 3.8) is 0 Å². The summed E-state index contributed by atoms with van der Waals surface area (Å²) in [5.74, 6) is -0.397. The van der Waals surface area contributed by atoms with Gasteiger partial charge in [-0.25, -0.2) is 4.79 Å². The molecule has 1 aromatic carbocycles. The number of hydrogen-bond donors (Lipinski definition) is 2. The third-order valence-corrected chi connectivity index (χ3v) is 6.50. The molecular weight excluding hydrogens is 502 g/mol. The number of aromatic amines is 1. The van der Waals surface area contributed by atoms with Gasteiger partial charge < -0.3 is 15.2 Å². The van der Waals surface area contributed by atoms with Crippen molar-refractivity contribution in [2.75, 3.05) is 13.6 Å². The van der Waals surface area contributed by atoms with Crippen molar-refractivity contribution < 1.29 is 48.7 Å². The number of halogens is 10. The minimum absolute atomic E-state index is 0.0759. The smallest absolute Gasteiger partial charge is 0.361 e. The Bertz CT molecular complexity index is 1100. The minimum atomic E-state index is -6.89. The molecule has 15 heteroatoms. The molecule has 0 bridgehead atoms. The van der Waals surface area contributed by atoms with Crippen LogP contribution in [0.3, 0.4) is 0 Å². The number of nitrogens with one attached hydrogen (secondary N) is 2. The van der Waals surface area contributed by atoms with Crippen LogP contribution < -0.4 is 5.32 Å². The molecule has 0 spiro atoms. The predicted octanol–water partition coefficient (Wildman–Crippen LogP) is 5.20. The first-order valence-corrected chi connectivity index (χ1v) is 10.3. The molecule has 2 N–H and O–H groups in total. The molecule has 4 rings (SSSR count). The largest absolute Gasteiger partial charge is 0.475 e. The van der Waals surface area contributed by atoms with E-state index in [1.165, 1.54) is 0 Å². The number of aromatic nitrogens is 1. The maximum atomic E-state index is 13.8. The molecule has 1 fully saturated rings. The molecule has 2 aromatic rings. The van der Waals surface area contributed by atoms with E-state index in [2.05, 4.69) is 4.98 Å². The summed E-state index contributed by atoms with van der Waals surface area (Å²) in [4.78, 5) is 14.2. The lowest BCUT2D eigenvalue weighted by Gasteiger charge is -2.46. The van der Waals surface area contributed by atoms with Crippen LogP contribution in [0.15, 0.2) is 24.4 Å². The Labute approximate surface area is 191 Å². The van der Waals surface area contributed by atoms with E-state index in [1.54, 1.807) is 35.5 Å². The van der Waals surface area contributed by atoms with Crippen LogP contribution in [0.2, 0.25) is 0 Å². The zero-order chi connectivity index (χ0) is 26.1. The number of rotatable bonds is 3. The van der Waals surface area contributed by atoms with Gasteiger partial charge in [0.25, 0.3) is 0 Å². The number of nitrogens with zero attached hydrogens (tertiary/aromatic N) is 2. The summed E-state index contributed by atoms with van der Waals surface area (Å²) in [6.07, 6.45) is -11.5. The molecule has 2 aliphatic rings. The number of piperidine rings is 1. The second-order valence-electron chi connectivity index (χ2n) is 8.70. The van der Waals surface area contributed by atoms with Crippen molar-refractivity contribution in [1.82, 2.24) is 20.1 Å². The molecule has 3 atom stereocenters. The lowest BCUT2D eigenvalue weighted by Crippen LogP contribution is -2.69. The zero-order valence-electron chi connectivity index (χ0n) is 17.7. The lowest BCUT2D eigenvalue weighted by molar-refractivity contribution is -0.415. The van der Waals surface area contributed by atoms with Crippen LogP contribution in [0.25, 0.3) is 10.9 Å². The van der Waals surface area contributed by atoms with Crippen molar-refractivity contribution in [3.8, 4) is 0 Å². The van der Waals surface area contributed by atoms with E-state index in [-0.39, 0.29) is 19.0 Å². The fourth-order valence-corrected chi connectivity index (χ4v) is 4.97. The first-order chi connectivity index (χ1) is 16.0. The average Bonchev–Trinajstić information content (AvgIpc) is 3.11. The highest BCUT2D eigenvalue weighted by molar-refractivity contribution is 5.88. The fraction of sp³-hybridized carbons (Fsp3) is 0.550. The molecule has 0 saturated carbocycles. The topological polar surface area (TPSA) is 51.4 Å². The Morgan fingerprint density at radius 2 is 1.63 bits per heavy atom. The van der Waals surface area contributed by atoms with Crippen LogP contribution in [0.5, 0.6) is 0 Å². The third kappa shape index (κ3) is 3.96. The number of fused-ring (bicyclic) bond motifs is 2. The second-order valence-corrected chi connectivity index (χ2v) is 8.70. The Morgan fingerprint density at radius 3 is 2.20 bits per heavy atom. The molecule has 1 aliphatic carbocycles. The lowest BCUT2D eigenvalue weighted by atomic mass is 9.74. The van der Waals surface area contributed by atoms with Gasteiger partial charge in [0, 0.05) is 41.6 Å². The summed E-state index contributed by atoms with van der Waals surface area (Å²) in [6, 6.07) is -12.7. The van der Waals surface area contributed by atoms with E-state index < -0.39 is 47.3 Å². The summed E-state index contributed by atoms with van der Waals surface area (Å²) >= 11 is 0. The van der Waals surface area contributed by atoms with Crippen molar-refractivity contribution in [3.05, 3.63) is 35.5 Å². The molecule has 194 valence electrons. The second kappa shape index (κ2) is 7.90. The van der Waals surface area contributed by atoms with Gasteiger partial charge in [0.1, 0.15) is 0 Å². The van der Waals surface area contributed by atoms with Gasteiger partial charge in [-0.2, -0.15) is 48.8 Å². The van der Waals surface area contributed by atoms with Gasteiger partial charge in [-0.1, -0.05) is 12.1 Å². The number of urea groups is 1. The summed E-state index contributed by atoms with van der Waals surface area (Å²) < 4.78 is 132. The van der Waals surface area contributed by atoms with Crippen LogP contribution in [-0.2, 0) is 6.42 Å². The number of H-pyrrole nitrogens is 1.